The van der Waals surface area contributed by atoms with Gasteiger partial charge in [-0.3, -0.25) is 9.59 Å². The van der Waals surface area contributed by atoms with Gasteiger partial charge in [-0.1, -0.05) is 20.3 Å². The average Bonchev–Trinajstić information content (AvgIpc) is 2.37. The Hall–Kier alpha value is -1.10. The van der Waals surface area contributed by atoms with Crippen molar-refractivity contribution in [1.82, 2.24) is 4.90 Å². The number of carbonyl (C=O) groups is 2. The van der Waals surface area contributed by atoms with Crippen molar-refractivity contribution in [2.75, 3.05) is 19.7 Å². The van der Waals surface area contributed by atoms with Gasteiger partial charge in [-0.2, -0.15) is 0 Å². The summed E-state index contributed by atoms with van der Waals surface area (Å²) in [5.74, 6) is -1.11. The number of hydrogen-bond donors (Lipinski definition) is 1. The molecule has 0 aromatic heterocycles. The van der Waals surface area contributed by atoms with Crippen molar-refractivity contribution < 1.29 is 19.4 Å². The van der Waals surface area contributed by atoms with Crippen molar-refractivity contribution in [1.29, 1.82) is 0 Å². The molecule has 110 valence electrons. The van der Waals surface area contributed by atoms with E-state index in [0.29, 0.717) is 26.1 Å². The van der Waals surface area contributed by atoms with Crippen LogP contribution in [0.25, 0.3) is 0 Å². The second-order valence-corrected chi connectivity index (χ2v) is 5.36. The number of hydrogen-bond acceptors (Lipinski definition) is 3. The van der Waals surface area contributed by atoms with Crippen LogP contribution in [0.5, 0.6) is 0 Å². The molecule has 0 saturated carbocycles. The minimum Gasteiger partial charge on any atom is -0.481 e. The van der Waals surface area contributed by atoms with Gasteiger partial charge in [-0.05, 0) is 25.7 Å². The molecule has 3 atom stereocenters. The summed E-state index contributed by atoms with van der Waals surface area (Å²) in [4.78, 5) is 24.9. The zero-order valence-electron chi connectivity index (χ0n) is 12.1. The number of amides is 1. The van der Waals surface area contributed by atoms with E-state index in [1.807, 2.05) is 6.92 Å². The quantitative estimate of drug-likeness (QED) is 0.748. The molecule has 1 heterocycles. The molecule has 1 N–H and O–H groups in total. The van der Waals surface area contributed by atoms with Gasteiger partial charge in [0, 0.05) is 19.7 Å². The number of carboxylic acids is 1. The van der Waals surface area contributed by atoms with Gasteiger partial charge in [-0.25, -0.2) is 0 Å². The van der Waals surface area contributed by atoms with E-state index in [1.54, 1.807) is 11.8 Å². The van der Waals surface area contributed by atoms with E-state index in [1.165, 1.54) is 0 Å². The summed E-state index contributed by atoms with van der Waals surface area (Å²) in [7, 11) is 0. The molecule has 1 fully saturated rings. The fourth-order valence-electron chi connectivity index (χ4n) is 2.45. The summed E-state index contributed by atoms with van der Waals surface area (Å²) in [6.07, 6.45) is 2.10. The summed E-state index contributed by atoms with van der Waals surface area (Å²) in [5.41, 5.74) is 0. The van der Waals surface area contributed by atoms with Crippen molar-refractivity contribution in [2.45, 2.75) is 46.1 Å². The number of ether oxygens (including phenoxy) is 1. The molecule has 0 spiro atoms. The fourth-order valence-corrected chi connectivity index (χ4v) is 2.45. The van der Waals surface area contributed by atoms with Crippen LogP contribution in [-0.4, -0.2) is 47.7 Å². The van der Waals surface area contributed by atoms with E-state index in [2.05, 4.69) is 6.92 Å². The van der Waals surface area contributed by atoms with E-state index in [4.69, 9.17) is 9.84 Å². The highest BCUT2D eigenvalue weighted by Crippen LogP contribution is 2.24. The highest BCUT2D eigenvalue weighted by atomic mass is 16.5. The number of carbonyl (C=O) groups excluding carboxylic acids is 1. The zero-order chi connectivity index (χ0) is 14.4. The molecule has 5 heteroatoms. The predicted octanol–water partition coefficient (Wildman–Crippen LogP) is 1.76. The smallest absolute Gasteiger partial charge is 0.306 e. The summed E-state index contributed by atoms with van der Waals surface area (Å²) < 4.78 is 5.50. The van der Waals surface area contributed by atoms with Gasteiger partial charge in [0.2, 0.25) is 0 Å². The number of likely N-dealkylation sites (tertiary alicyclic amines) is 1. The molecule has 5 nitrogen and oxygen atoms in total. The van der Waals surface area contributed by atoms with Gasteiger partial charge in [0.15, 0.2) is 0 Å². The van der Waals surface area contributed by atoms with Gasteiger partial charge in [0.1, 0.15) is 6.10 Å². The summed E-state index contributed by atoms with van der Waals surface area (Å²) >= 11 is 0. The van der Waals surface area contributed by atoms with Crippen LogP contribution in [0, 0.1) is 11.8 Å². The first-order valence-electron chi connectivity index (χ1n) is 7.10. The van der Waals surface area contributed by atoms with Crippen LogP contribution in [-0.2, 0) is 14.3 Å². The van der Waals surface area contributed by atoms with Crippen molar-refractivity contribution in [2.24, 2.45) is 11.8 Å². The van der Waals surface area contributed by atoms with Gasteiger partial charge in [-0.15, -0.1) is 0 Å². The Balaban J connectivity index is 2.44. The molecule has 0 radical (unpaired) electrons. The van der Waals surface area contributed by atoms with E-state index in [9.17, 15) is 9.59 Å². The van der Waals surface area contributed by atoms with Crippen LogP contribution < -0.4 is 0 Å². The topological polar surface area (TPSA) is 66.8 Å². The van der Waals surface area contributed by atoms with E-state index in [0.717, 1.165) is 12.8 Å². The normalized spacial score (nSPS) is 25.1. The number of nitrogens with zero attached hydrogens (tertiary/aromatic N) is 1. The molecular formula is C14H25NO4. The zero-order valence-corrected chi connectivity index (χ0v) is 12.1. The molecule has 1 amide bonds. The van der Waals surface area contributed by atoms with Crippen molar-refractivity contribution >= 4 is 11.9 Å². The lowest BCUT2D eigenvalue weighted by molar-refractivity contribution is -0.152. The number of aliphatic carboxylic acids is 1. The third-order valence-electron chi connectivity index (χ3n) is 3.75. The summed E-state index contributed by atoms with van der Waals surface area (Å²) in [6.45, 7) is 7.37. The molecule has 0 aromatic rings. The van der Waals surface area contributed by atoms with Crippen LogP contribution in [0.3, 0.4) is 0 Å². The summed E-state index contributed by atoms with van der Waals surface area (Å²) in [6, 6.07) is 0. The Bertz CT molecular complexity index is 319. The summed E-state index contributed by atoms with van der Waals surface area (Å²) in [5, 5.41) is 9.06. The van der Waals surface area contributed by atoms with E-state index in [-0.39, 0.29) is 17.7 Å². The molecule has 1 aliphatic rings. The lowest BCUT2D eigenvalue weighted by atomic mass is 9.87. The number of carboxylic acid groups (broad SMARTS) is 1. The Morgan fingerprint density at radius 2 is 2.16 bits per heavy atom. The molecule has 1 rings (SSSR count). The third-order valence-corrected chi connectivity index (χ3v) is 3.75. The molecule has 1 aliphatic heterocycles. The first kappa shape index (κ1) is 16.0. The Kier molecular flexibility index (Phi) is 6.28. The third kappa shape index (κ3) is 4.49. The maximum Gasteiger partial charge on any atom is 0.306 e. The van der Waals surface area contributed by atoms with Gasteiger partial charge in [0.25, 0.3) is 5.91 Å². The Morgan fingerprint density at radius 1 is 1.47 bits per heavy atom. The maximum absolute atomic E-state index is 12.2. The molecule has 1 saturated heterocycles. The van der Waals surface area contributed by atoms with Crippen molar-refractivity contribution in [3.63, 3.8) is 0 Å². The van der Waals surface area contributed by atoms with Gasteiger partial charge < -0.3 is 14.7 Å². The SMILES string of the molecule is CCCCOC(C)C(=O)N1CCC(C(=O)O)C(C)C1. The first-order valence-corrected chi connectivity index (χ1v) is 7.10. The van der Waals surface area contributed by atoms with Crippen molar-refractivity contribution in [3.05, 3.63) is 0 Å². The molecule has 0 aromatic carbocycles. The second kappa shape index (κ2) is 7.48. The number of rotatable bonds is 6. The lowest BCUT2D eigenvalue weighted by Crippen LogP contribution is -2.48. The lowest BCUT2D eigenvalue weighted by Gasteiger charge is -2.36. The maximum atomic E-state index is 12.2. The molecular weight excluding hydrogens is 246 g/mol. The van der Waals surface area contributed by atoms with Gasteiger partial charge >= 0.3 is 5.97 Å². The largest absolute Gasteiger partial charge is 0.481 e. The minimum absolute atomic E-state index is 0.00181. The predicted molar refractivity (Wildman–Crippen MR) is 71.8 cm³/mol. The van der Waals surface area contributed by atoms with Crippen LogP contribution in [0.1, 0.15) is 40.0 Å². The Morgan fingerprint density at radius 3 is 2.68 bits per heavy atom. The first-order chi connectivity index (χ1) is 8.97. The average molecular weight is 271 g/mol. The Labute approximate surface area is 114 Å². The highest BCUT2D eigenvalue weighted by molar-refractivity contribution is 5.81. The highest BCUT2D eigenvalue weighted by Gasteiger charge is 2.34. The minimum atomic E-state index is -0.758. The fraction of sp³-hybridized carbons (Fsp3) is 0.857. The van der Waals surface area contributed by atoms with E-state index < -0.39 is 12.1 Å². The molecule has 0 bridgehead atoms. The standard InChI is InChI=1S/C14H25NO4/c1-4-5-8-19-11(3)13(16)15-7-6-12(14(17)18)10(2)9-15/h10-12H,4-9H2,1-3H3,(H,17,18). The monoisotopic (exact) mass is 271 g/mol. The molecule has 3 unspecified atom stereocenters. The van der Waals surface area contributed by atoms with Crippen LogP contribution >= 0.6 is 0 Å². The second-order valence-electron chi connectivity index (χ2n) is 5.36. The van der Waals surface area contributed by atoms with Crippen LogP contribution in [0.15, 0.2) is 0 Å². The van der Waals surface area contributed by atoms with Gasteiger partial charge in [0.05, 0.1) is 5.92 Å². The van der Waals surface area contributed by atoms with E-state index >= 15 is 0 Å². The number of unbranched alkanes of at least 4 members (excludes halogenated alkanes) is 1. The van der Waals surface area contributed by atoms with Crippen molar-refractivity contribution in [3.8, 4) is 0 Å². The van der Waals surface area contributed by atoms with Crippen LogP contribution in [0.4, 0.5) is 0 Å². The number of piperidine rings is 1. The molecule has 0 aliphatic carbocycles. The van der Waals surface area contributed by atoms with Crippen LogP contribution in [0.2, 0.25) is 0 Å². The molecule has 19 heavy (non-hydrogen) atoms.